The molecule has 106 valence electrons. The highest BCUT2D eigenvalue weighted by atomic mass is 15.2. The Morgan fingerprint density at radius 1 is 1.26 bits per heavy atom. The molecule has 19 heavy (non-hydrogen) atoms. The number of anilines is 1. The Balaban J connectivity index is 2.33. The lowest BCUT2D eigenvalue weighted by Gasteiger charge is -2.33. The van der Waals surface area contributed by atoms with Gasteiger partial charge >= 0.3 is 0 Å². The van der Waals surface area contributed by atoms with E-state index in [0.717, 1.165) is 19.6 Å². The molecule has 1 aliphatic heterocycles. The molecule has 1 aliphatic rings. The van der Waals surface area contributed by atoms with Crippen LogP contribution in [0.1, 0.15) is 46.1 Å². The zero-order valence-corrected chi connectivity index (χ0v) is 13.0. The summed E-state index contributed by atoms with van der Waals surface area (Å²) in [6.45, 7) is 14.8. The van der Waals surface area contributed by atoms with Crippen molar-refractivity contribution in [2.45, 2.75) is 46.1 Å². The third kappa shape index (κ3) is 3.50. The Hall–Kier alpha value is -1.02. The first-order chi connectivity index (χ1) is 8.89. The van der Waals surface area contributed by atoms with Crippen LogP contribution in [-0.2, 0) is 0 Å². The molecule has 0 spiro atoms. The van der Waals surface area contributed by atoms with Gasteiger partial charge in [0, 0.05) is 24.3 Å². The fraction of sp³-hybridized carbons (Fsp3) is 0.647. The van der Waals surface area contributed by atoms with E-state index in [1.54, 1.807) is 0 Å². The summed E-state index contributed by atoms with van der Waals surface area (Å²) >= 11 is 0. The van der Waals surface area contributed by atoms with Gasteiger partial charge in [-0.1, -0.05) is 39.0 Å². The van der Waals surface area contributed by atoms with Crippen molar-refractivity contribution >= 4 is 5.69 Å². The molecule has 1 N–H and O–H groups in total. The predicted molar refractivity (Wildman–Crippen MR) is 84.0 cm³/mol. The Kier molecular flexibility index (Phi) is 4.19. The van der Waals surface area contributed by atoms with Crippen LogP contribution in [-0.4, -0.2) is 25.2 Å². The van der Waals surface area contributed by atoms with Gasteiger partial charge in [0.2, 0.25) is 0 Å². The first-order valence-electron chi connectivity index (χ1n) is 7.48. The molecule has 1 fully saturated rings. The van der Waals surface area contributed by atoms with Crippen molar-refractivity contribution in [2.24, 2.45) is 5.92 Å². The zero-order chi connectivity index (χ0) is 14.0. The molecular weight excluding hydrogens is 232 g/mol. The molecular formula is C17H28N2. The monoisotopic (exact) mass is 260 g/mol. The summed E-state index contributed by atoms with van der Waals surface area (Å²) in [7, 11) is 0. The van der Waals surface area contributed by atoms with Gasteiger partial charge in [-0.15, -0.1) is 0 Å². The summed E-state index contributed by atoms with van der Waals surface area (Å²) in [5, 5.41) is 3.68. The summed E-state index contributed by atoms with van der Waals surface area (Å²) in [6, 6.07) is 8.88. The zero-order valence-electron chi connectivity index (χ0n) is 13.0. The van der Waals surface area contributed by atoms with Crippen molar-refractivity contribution < 1.29 is 0 Å². The molecule has 2 nitrogen and oxygen atoms in total. The maximum atomic E-state index is 3.68. The van der Waals surface area contributed by atoms with E-state index in [0.29, 0.717) is 11.8 Å². The molecule has 2 heteroatoms. The van der Waals surface area contributed by atoms with Crippen LogP contribution >= 0.6 is 0 Å². The van der Waals surface area contributed by atoms with Gasteiger partial charge in [-0.3, -0.25) is 0 Å². The minimum Gasteiger partial charge on any atom is -0.369 e. The fourth-order valence-corrected chi connectivity index (χ4v) is 2.94. The molecule has 1 atom stereocenters. The minimum absolute atomic E-state index is 0.175. The van der Waals surface area contributed by atoms with Crippen molar-refractivity contribution in [1.29, 1.82) is 0 Å². The Morgan fingerprint density at radius 2 is 1.95 bits per heavy atom. The molecule has 1 aromatic carbocycles. The van der Waals surface area contributed by atoms with Crippen molar-refractivity contribution in [3.05, 3.63) is 29.8 Å². The highest BCUT2D eigenvalue weighted by molar-refractivity contribution is 5.55. The SMILES string of the molecule is CC1CNC(C)(C)CN(c2ccccc2C(C)C)C1. The lowest BCUT2D eigenvalue weighted by Crippen LogP contribution is -2.46. The second kappa shape index (κ2) is 5.54. The van der Waals surface area contributed by atoms with Gasteiger partial charge in [-0.05, 0) is 43.9 Å². The van der Waals surface area contributed by atoms with Gasteiger partial charge in [0.25, 0.3) is 0 Å². The quantitative estimate of drug-likeness (QED) is 0.873. The Bertz CT molecular complexity index is 423. The first-order valence-corrected chi connectivity index (χ1v) is 7.48. The van der Waals surface area contributed by atoms with Crippen LogP contribution in [0.2, 0.25) is 0 Å². The second-order valence-electron chi connectivity index (χ2n) is 6.96. The van der Waals surface area contributed by atoms with Gasteiger partial charge < -0.3 is 10.2 Å². The topological polar surface area (TPSA) is 15.3 Å². The number of para-hydroxylation sites is 1. The van der Waals surface area contributed by atoms with Gasteiger partial charge in [-0.25, -0.2) is 0 Å². The van der Waals surface area contributed by atoms with Crippen LogP contribution in [0.5, 0.6) is 0 Å². The molecule has 1 heterocycles. The number of hydrogen-bond acceptors (Lipinski definition) is 2. The standard InChI is InChI=1S/C17H28N2/c1-13(2)15-8-6-7-9-16(15)19-11-14(3)10-18-17(4,5)12-19/h6-9,13-14,18H,10-12H2,1-5H3. The lowest BCUT2D eigenvalue weighted by molar-refractivity contribution is 0.401. The molecule has 0 bridgehead atoms. The second-order valence-corrected chi connectivity index (χ2v) is 6.96. The number of benzene rings is 1. The smallest absolute Gasteiger partial charge is 0.0402 e. The molecule has 0 saturated carbocycles. The molecule has 0 radical (unpaired) electrons. The van der Waals surface area contributed by atoms with Gasteiger partial charge in [0.05, 0.1) is 0 Å². The normalized spacial score (nSPS) is 23.5. The van der Waals surface area contributed by atoms with Crippen LogP contribution in [0.25, 0.3) is 0 Å². The summed E-state index contributed by atoms with van der Waals surface area (Å²) in [4.78, 5) is 2.57. The Morgan fingerprint density at radius 3 is 2.63 bits per heavy atom. The van der Waals surface area contributed by atoms with Crippen LogP contribution in [0.3, 0.4) is 0 Å². The highest BCUT2D eigenvalue weighted by Gasteiger charge is 2.28. The van der Waals surface area contributed by atoms with Gasteiger partial charge in [0.1, 0.15) is 0 Å². The molecule has 1 saturated heterocycles. The summed E-state index contributed by atoms with van der Waals surface area (Å²) in [5.41, 5.74) is 3.06. The number of nitrogens with zero attached hydrogens (tertiary/aromatic N) is 1. The summed E-state index contributed by atoms with van der Waals surface area (Å²) in [5.74, 6) is 1.26. The van der Waals surface area contributed by atoms with E-state index < -0.39 is 0 Å². The van der Waals surface area contributed by atoms with Crippen LogP contribution in [0.15, 0.2) is 24.3 Å². The van der Waals surface area contributed by atoms with Crippen molar-refractivity contribution in [3.63, 3.8) is 0 Å². The summed E-state index contributed by atoms with van der Waals surface area (Å²) in [6.07, 6.45) is 0. The number of hydrogen-bond donors (Lipinski definition) is 1. The van der Waals surface area contributed by atoms with Crippen LogP contribution < -0.4 is 10.2 Å². The maximum Gasteiger partial charge on any atom is 0.0402 e. The predicted octanol–water partition coefficient (Wildman–Crippen LogP) is 3.63. The number of rotatable bonds is 2. The minimum atomic E-state index is 0.175. The molecule has 0 aliphatic carbocycles. The Labute approximate surface area is 118 Å². The molecule has 0 amide bonds. The van der Waals surface area contributed by atoms with E-state index in [9.17, 15) is 0 Å². The van der Waals surface area contributed by atoms with E-state index in [1.807, 2.05) is 0 Å². The third-order valence-electron chi connectivity index (χ3n) is 3.95. The molecule has 2 rings (SSSR count). The van der Waals surface area contributed by atoms with Gasteiger partial charge in [0.15, 0.2) is 0 Å². The van der Waals surface area contributed by atoms with Crippen molar-refractivity contribution in [3.8, 4) is 0 Å². The maximum absolute atomic E-state index is 3.68. The van der Waals surface area contributed by atoms with E-state index in [2.05, 4.69) is 69.1 Å². The molecule has 0 aromatic heterocycles. The van der Waals surface area contributed by atoms with Crippen LogP contribution in [0.4, 0.5) is 5.69 Å². The molecule has 1 aromatic rings. The highest BCUT2D eigenvalue weighted by Crippen LogP contribution is 2.29. The lowest BCUT2D eigenvalue weighted by atomic mass is 9.98. The van der Waals surface area contributed by atoms with Crippen molar-refractivity contribution in [2.75, 3.05) is 24.5 Å². The van der Waals surface area contributed by atoms with Crippen molar-refractivity contribution in [1.82, 2.24) is 5.32 Å². The average molecular weight is 260 g/mol. The average Bonchev–Trinajstić information content (AvgIpc) is 2.48. The fourth-order valence-electron chi connectivity index (χ4n) is 2.94. The summed E-state index contributed by atoms with van der Waals surface area (Å²) < 4.78 is 0. The first kappa shape index (κ1) is 14.4. The largest absolute Gasteiger partial charge is 0.369 e. The number of nitrogens with one attached hydrogen (secondary N) is 1. The van der Waals surface area contributed by atoms with Gasteiger partial charge in [-0.2, -0.15) is 0 Å². The molecule has 1 unspecified atom stereocenters. The van der Waals surface area contributed by atoms with E-state index in [-0.39, 0.29) is 5.54 Å². The van der Waals surface area contributed by atoms with E-state index in [4.69, 9.17) is 0 Å². The third-order valence-corrected chi connectivity index (χ3v) is 3.95. The van der Waals surface area contributed by atoms with E-state index in [1.165, 1.54) is 11.3 Å². The van der Waals surface area contributed by atoms with Crippen LogP contribution in [0, 0.1) is 5.92 Å². The van der Waals surface area contributed by atoms with E-state index >= 15 is 0 Å².